The molecule has 21 heavy (non-hydrogen) atoms. The Kier molecular flexibility index (Phi) is 4.20. The number of carbonyl (C=O) groups excluding carboxylic acids is 1. The molecule has 114 valence electrons. The predicted octanol–water partition coefficient (Wildman–Crippen LogP) is 2.79. The zero-order valence-corrected chi connectivity index (χ0v) is 11.2. The number of aliphatic carboxylic acids is 1. The minimum Gasteiger partial charge on any atom is -0.481 e. The van der Waals surface area contributed by atoms with E-state index >= 15 is 0 Å². The van der Waals surface area contributed by atoms with E-state index in [9.17, 15) is 22.8 Å². The van der Waals surface area contributed by atoms with Crippen LogP contribution in [-0.4, -0.2) is 17.0 Å². The third-order valence-electron chi connectivity index (χ3n) is 3.70. The third-order valence-corrected chi connectivity index (χ3v) is 3.70. The van der Waals surface area contributed by atoms with Gasteiger partial charge in [0.05, 0.1) is 11.8 Å². The molecule has 0 heterocycles. The van der Waals surface area contributed by atoms with E-state index < -0.39 is 41.2 Å². The van der Waals surface area contributed by atoms with Crippen LogP contribution in [0.25, 0.3) is 0 Å². The molecule has 0 spiro atoms. The molecule has 0 aliphatic heterocycles. The molecule has 4 nitrogen and oxygen atoms in total. The fourth-order valence-corrected chi connectivity index (χ4v) is 2.72. The lowest BCUT2D eigenvalue weighted by atomic mass is 9.95. The van der Waals surface area contributed by atoms with Crippen LogP contribution in [0.1, 0.15) is 19.8 Å². The number of rotatable bonds is 3. The van der Waals surface area contributed by atoms with Crippen molar-refractivity contribution in [3.8, 4) is 0 Å². The first kappa shape index (κ1) is 15.3. The molecular formula is C14H14F3NO3. The third kappa shape index (κ3) is 3.17. The second kappa shape index (κ2) is 5.75. The van der Waals surface area contributed by atoms with Crippen molar-refractivity contribution < 1.29 is 27.9 Å². The SMILES string of the molecule is CC1C[C@H](C(=O)Nc2cc(F)c(F)c(F)c2)[C@H](C(=O)O)C1. The number of hydrogen-bond acceptors (Lipinski definition) is 2. The van der Waals surface area contributed by atoms with Gasteiger partial charge >= 0.3 is 5.97 Å². The molecule has 2 N–H and O–H groups in total. The molecule has 7 heteroatoms. The lowest BCUT2D eigenvalue weighted by molar-refractivity contribution is -0.145. The minimum absolute atomic E-state index is 0.0727. The summed E-state index contributed by atoms with van der Waals surface area (Å²) in [6.45, 7) is 1.83. The highest BCUT2D eigenvalue weighted by Crippen LogP contribution is 2.37. The Morgan fingerprint density at radius 2 is 1.67 bits per heavy atom. The topological polar surface area (TPSA) is 66.4 Å². The molecule has 1 fully saturated rings. The molecule has 1 aliphatic rings. The average molecular weight is 301 g/mol. The fourth-order valence-electron chi connectivity index (χ4n) is 2.72. The van der Waals surface area contributed by atoms with Gasteiger partial charge in [-0.25, -0.2) is 13.2 Å². The van der Waals surface area contributed by atoms with Gasteiger partial charge in [0.25, 0.3) is 0 Å². The van der Waals surface area contributed by atoms with E-state index in [4.69, 9.17) is 5.11 Å². The van der Waals surface area contributed by atoms with Crippen molar-refractivity contribution in [2.24, 2.45) is 17.8 Å². The van der Waals surface area contributed by atoms with Crippen molar-refractivity contribution in [3.05, 3.63) is 29.6 Å². The van der Waals surface area contributed by atoms with E-state index in [1.807, 2.05) is 6.92 Å². The summed E-state index contributed by atoms with van der Waals surface area (Å²) in [5.41, 5.74) is -0.236. The van der Waals surface area contributed by atoms with Gasteiger partial charge in [0.2, 0.25) is 5.91 Å². The maximum atomic E-state index is 13.1. The van der Waals surface area contributed by atoms with Crippen LogP contribution < -0.4 is 5.32 Å². The maximum Gasteiger partial charge on any atom is 0.307 e. The zero-order valence-electron chi connectivity index (χ0n) is 11.2. The summed E-state index contributed by atoms with van der Waals surface area (Å²) in [5.74, 6) is -7.67. The summed E-state index contributed by atoms with van der Waals surface area (Å²) >= 11 is 0. The molecule has 2 rings (SSSR count). The Balaban J connectivity index is 2.16. The number of carboxylic acid groups (broad SMARTS) is 1. The van der Waals surface area contributed by atoms with Crippen LogP contribution in [-0.2, 0) is 9.59 Å². The number of carboxylic acids is 1. The van der Waals surface area contributed by atoms with Gasteiger partial charge in [0, 0.05) is 17.8 Å². The van der Waals surface area contributed by atoms with E-state index in [2.05, 4.69) is 5.32 Å². The van der Waals surface area contributed by atoms with Crippen LogP contribution in [0.4, 0.5) is 18.9 Å². The molecule has 0 bridgehead atoms. The number of halogens is 3. The molecule has 3 atom stereocenters. The molecule has 0 aromatic heterocycles. The normalized spacial score (nSPS) is 24.9. The first-order chi connectivity index (χ1) is 9.79. The lowest BCUT2D eigenvalue weighted by Crippen LogP contribution is -2.30. The number of anilines is 1. The monoisotopic (exact) mass is 301 g/mol. The molecule has 1 amide bonds. The van der Waals surface area contributed by atoms with Crippen LogP contribution in [0.5, 0.6) is 0 Å². The van der Waals surface area contributed by atoms with Crippen LogP contribution >= 0.6 is 0 Å². The molecule has 1 aliphatic carbocycles. The van der Waals surface area contributed by atoms with Gasteiger partial charge in [0.15, 0.2) is 17.5 Å². The van der Waals surface area contributed by atoms with Crippen molar-refractivity contribution in [2.75, 3.05) is 5.32 Å². The van der Waals surface area contributed by atoms with Gasteiger partial charge in [0.1, 0.15) is 0 Å². The van der Waals surface area contributed by atoms with Gasteiger partial charge in [-0.1, -0.05) is 6.92 Å². The van der Waals surface area contributed by atoms with Crippen LogP contribution in [0, 0.1) is 35.2 Å². The summed E-state index contributed by atoms with van der Waals surface area (Å²) in [6, 6.07) is 1.31. The molecule has 0 saturated heterocycles. The van der Waals surface area contributed by atoms with Gasteiger partial charge in [-0.05, 0) is 18.8 Å². The highest BCUT2D eigenvalue weighted by Gasteiger charge is 2.41. The number of hydrogen-bond donors (Lipinski definition) is 2. The summed E-state index contributed by atoms with van der Waals surface area (Å²) in [6.07, 6.45) is 0.758. The number of benzene rings is 1. The zero-order chi connectivity index (χ0) is 15.7. The minimum atomic E-state index is -1.62. The fraction of sp³-hybridized carbons (Fsp3) is 0.429. The summed E-state index contributed by atoms with van der Waals surface area (Å²) in [4.78, 5) is 23.2. The van der Waals surface area contributed by atoms with Crippen LogP contribution in [0.15, 0.2) is 12.1 Å². The first-order valence-electron chi connectivity index (χ1n) is 6.47. The summed E-state index contributed by atoms with van der Waals surface area (Å²) < 4.78 is 39.0. The molecule has 1 aromatic rings. The maximum absolute atomic E-state index is 13.1. The smallest absolute Gasteiger partial charge is 0.307 e. The van der Waals surface area contributed by atoms with Gasteiger partial charge in [-0.3, -0.25) is 9.59 Å². The van der Waals surface area contributed by atoms with Crippen molar-refractivity contribution in [1.29, 1.82) is 0 Å². The predicted molar refractivity (Wildman–Crippen MR) is 68.0 cm³/mol. The Bertz CT molecular complexity index is 568. The van der Waals surface area contributed by atoms with Gasteiger partial charge in [-0.15, -0.1) is 0 Å². The highest BCUT2D eigenvalue weighted by atomic mass is 19.2. The Hall–Kier alpha value is -2.05. The first-order valence-corrected chi connectivity index (χ1v) is 6.47. The van der Waals surface area contributed by atoms with Crippen molar-refractivity contribution >= 4 is 17.6 Å². The van der Waals surface area contributed by atoms with Gasteiger partial charge in [-0.2, -0.15) is 0 Å². The Morgan fingerprint density at radius 3 is 2.19 bits per heavy atom. The standard InChI is InChI=1S/C14H14F3NO3/c1-6-2-8(9(3-6)14(20)21)13(19)18-7-4-10(15)12(17)11(16)5-7/h4-6,8-9H,2-3H2,1H3,(H,18,19)(H,20,21)/t6?,8-,9+/m0/s1. The van der Waals surface area contributed by atoms with Crippen molar-refractivity contribution in [2.45, 2.75) is 19.8 Å². The van der Waals surface area contributed by atoms with Gasteiger partial charge < -0.3 is 10.4 Å². The van der Waals surface area contributed by atoms with E-state index in [-0.39, 0.29) is 11.6 Å². The van der Waals surface area contributed by atoms with Crippen molar-refractivity contribution in [3.63, 3.8) is 0 Å². The second-order valence-electron chi connectivity index (χ2n) is 5.37. The average Bonchev–Trinajstić information content (AvgIpc) is 2.78. The molecule has 1 aromatic carbocycles. The summed E-state index contributed by atoms with van der Waals surface area (Å²) in [5, 5.41) is 11.3. The molecule has 1 saturated carbocycles. The van der Waals surface area contributed by atoms with E-state index in [0.717, 1.165) is 0 Å². The number of amides is 1. The number of carbonyl (C=O) groups is 2. The summed E-state index contributed by atoms with van der Waals surface area (Å²) in [7, 11) is 0. The largest absolute Gasteiger partial charge is 0.481 e. The lowest BCUT2D eigenvalue weighted by Gasteiger charge is -2.15. The van der Waals surface area contributed by atoms with E-state index in [1.165, 1.54) is 0 Å². The van der Waals surface area contributed by atoms with Crippen LogP contribution in [0.2, 0.25) is 0 Å². The second-order valence-corrected chi connectivity index (χ2v) is 5.37. The number of nitrogens with one attached hydrogen (secondary N) is 1. The highest BCUT2D eigenvalue weighted by molar-refractivity contribution is 5.95. The quantitative estimate of drug-likeness (QED) is 0.844. The van der Waals surface area contributed by atoms with E-state index in [0.29, 0.717) is 25.0 Å². The molecular weight excluding hydrogens is 287 g/mol. The molecule has 0 radical (unpaired) electrons. The van der Waals surface area contributed by atoms with Crippen molar-refractivity contribution in [1.82, 2.24) is 0 Å². The molecule has 1 unspecified atom stereocenters. The Morgan fingerprint density at radius 1 is 1.14 bits per heavy atom. The van der Waals surface area contributed by atoms with Crippen LogP contribution in [0.3, 0.4) is 0 Å². The van der Waals surface area contributed by atoms with E-state index in [1.54, 1.807) is 0 Å². The Labute approximate surface area is 119 Å².